The van der Waals surface area contributed by atoms with Crippen LogP contribution in [0.2, 0.25) is 0 Å². The van der Waals surface area contributed by atoms with Crippen molar-refractivity contribution in [2.24, 2.45) is 0 Å². The second kappa shape index (κ2) is 9.10. The van der Waals surface area contributed by atoms with Gasteiger partial charge in [-0.15, -0.1) is 0 Å². The highest BCUT2D eigenvalue weighted by Gasteiger charge is 2.52. The normalized spacial score (nSPS) is 21.0. The van der Waals surface area contributed by atoms with Crippen molar-refractivity contribution in [1.29, 1.82) is 0 Å². The van der Waals surface area contributed by atoms with E-state index in [2.05, 4.69) is 15.3 Å². The molecule has 2 amide bonds. The van der Waals surface area contributed by atoms with Crippen LogP contribution in [0.25, 0.3) is 0 Å². The molecule has 11 heteroatoms. The molecule has 1 aromatic rings. The van der Waals surface area contributed by atoms with Gasteiger partial charge in [-0.2, -0.15) is 0 Å². The van der Waals surface area contributed by atoms with Crippen LogP contribution in [0.3, 0.4) is 0 Å². The highest BCUT2D eigenvalue weighted by Crippen LogP contribution is 2.36. The summed E-state index contributed by atoms with van der Waals surface area (Å²) < 4.78 is 17.3. The molecular weight excluding hydrogens is 425 g/mol. The van der Waals surface area contributed by atoms with Gasteiger partial charge in [-0.3, -0.25) is 4.79 Å². The fraction of sp³-hybridized carbons (Fsp3) is 0.727. The van der Waals surface area contributed by atoms with Crippen molar-refractivity contribution in [3.8, 4) is 0 Å². The smallest absolute Gasteiger partial charge is 0.444 e. The molecule has 182 valence electrons. The Kier molecular flexibility index (Phi) is 6.96. The Hall–Kier alpha value is -2.40. The molecule has 0 spiro atoms. The number of carbonyl (C=O) groups is 2. The molecule has 1 atom stereocenters. The molecule has 2 saturated heterocycles. The van der Waals surface area contributed by atoms with Gasteiger partial charge < -0.3 is 29.2 Å². The molecule has 2 aliphatic rings. The summed E-state index contributed by atoms with van der Waals surface area (Å²) in [6.45, 7) is 17.3. The number of ether oxygens (including phenoxy) is 1. The van der Waals surface area contributed by atoms with Gasteiger partial charge >= 0.3 is 13.2 Å². The number of hydrogen-bond acceptors (Lipinski definition) is 8. The molecule has 0 radical (unpaired) electrons. The molecule has 2 fully saturated rings. The zero-order valence-corrected chi connectivity index (χ0v) is 21.0. The first kappa shape index (κ1) is 25.2. The van der Waals surface area contributed by atoms with Gasteiger partial charge in [-0.05, 0) is 55.4 Å². The van der Waals surface area contributed by atoms with Gasteiger partial charge in [0.05, 0.1) is 11.2 Å². The van der Waals surface area contributed by atoms with Crippen LogP contribution in [-0.2, 0) is 18.8 Å². The predicted octanol–water partition coefficient (Wildman–Crippen LogP) is 1.34. The summed E-state index contributed by atoms with van der Waals surface area (Å²) in [7, 11) is -0.502. The first-order valence-corrected chi connectivity index (χ1v) is 11.4. The maximum absolute atomic E-state index is 12.7. The summed E-state index contributed by atoms with van der Waals surface area (Å²) in [6, 6.07) is -0.665. The number of carbonyl (C=O) groups excluding carboxylic acids is 2. The van der Waals surface area contributed by atoms with Crippen molar-refractivity contribution in [3.63, 3.8) is 0 Å². The summed E-state index contributed by atoms with van der Waals surface area (Å²) >= 11 is 0. The van der Waals surface area contributed by atoms with E-state index < -0.39 is 36.1 Å². The van der Waals surface area contributed by atoms with E-state index in [-0.39, 0.29) is 5.91 Å². The first-order valence-electron chi connectivity index (χ1n) is 11.4. The van der Waals surface area contributed by atoms with Gasteiger partial charge in [0, 0.05) is 44.0 Å². The number of piperazine rings is 1. The fourth-order valence-corrected chi connectivity index (χ4v) is 3.54. The largest absolute Gasteiger partial charge is 0.498 e. The molecule has 1 aromatic heterocycles. The van der Waals surface area contributed by atoms with Gasteiger partial charge in [-0.25, -0.2) is 14.8 Å². The topological polar surface area (TPSA) is 106 Å². The van der Waals surface area contributed by atoms with Crippen molar-refractivity contribution in [2.75, 3.05) is 31.1 Å². The van der Waals surface area contributed by atoms with E-state index >= 15 is 0 Å². The summed E-state index contributed by atoms with van der Waals surface area (Å²) in [5, 5.41) is 2.61. The maximum Gasteiger partial charge on any atom is 0.498 e. The third kappa shape index (κ3) is 5.94. The molecule has 3 heterocycles. The second-order valence-corrected chi connectivity index (χ2v) is 10.6. The SMILES string of the molecule is C[C@H](NC(=O)OC(C)(C)C)C(=O)N1CCN(c2ncc(B3OC(C)(C)C(C)(C)O3)cn2)CC1. The molecule has 0 saturated carbocycles. The molecule has 10 nitrogen and oxygen atoms in total. The van der Waals surface area contributed by atoms with Crippen LogP contribution < -0.4 is 15.7 Å². The van der Waals surface area contributed by atoms with Crippen molar-refractivity contribution in [2.45, 2.75) is 78.2 Å². The number of aromatic nitrogens is 2. The highest BCUT2D eigenvalue weighted by atomic mass is 16.7. The van der Waals surface area contributed by atoms with Crippen LogP contribution in [-0.4, -0.2) is 83.0 Å². The van der Waals surface area contributed by atoms with E-state index in [9.17, 15) is 9.59 Å². The molecule has 0 aromatic carbocycles. The molecule has 0 bridgehead atoms. The number of alkyl carbamates (subject to hydrolysis) is 1. The van der Waals surface area contributed by atoms with Crippen molar-refractivity contribution >= 4 is 30.5 Å². The number of hydrogen-bond donors (Lipinski definition) is 1. The zero-order valence-electron chi connectivity index (χ0n) is 21.0. The van der Waals surface area contributed by atoms with Gasteiger partial charge in [0.2, 0.25) is 11.9 Å². The van der Waals surface area contributed by atoms with E-state index in [1.165, 1.54) is 0 Å². The minimum absolute atomic E-state index is 0.141. The molecule has 3 rings (SSSR count). The molecule has 0 aliphatic carbocycles. The highest BCUT2D eigenvalue weighted by molar-refractivity contribution is 6.61. The van der Waals surface area contributed by atoms with Gasteiger partial charge in [0.15, 0.2) is 0 Å². The lowest BCUT2D eigenvalue weighted by Crippen LogP contribution is -2.54. The van der Waals surface area contributed by atoms with Crippen LogP contribution in [0.5, 0.6) is 0 Å². The predicted molar refractivity (Wildman–Crippen MR) is 125 cm³/mol. The van der Waals surface area contributed by atoms with E-state index in [1.54, 1.807) is 45.0 Å². The Labute approximate surface area is 196 Å². The van der Waals surface area contributed by atoms with Crippen molar-refractivity contribution in [1.82, 2.24) is 20.2 Å². The van der Waals surface area contributed by atoms with Gasteiger partial charge in [-0.1, -0.05) is 0 Å². The monoisotopic (exact) mass is 461 g/mol. The average molecular weight is 461 g/mol. The summed E-state index contributed by atoms with van der Waals surface area (Å²) in [5.41, 5.74) is -0.687. The number of anilines is 1. The number of amides is 2. The number of nitrogens with zero attached hydrogens (tertiary/aromatic N) is 4. The molecule has 33 heavy (non-hydrogen) atoms. The van der Waals surface area contributed by atoms with Crippen molar-refractivity contribution < 1.29 is 23.6 Å². The Morgan fingerprint density at radius 1 is 1.06 bits per heavy atom. The zero-order chi connectivity index (χ0) is 24.6. The molecular formula is C22H36BN5O5. The first-order chi connectivity index (χ1) is 15.2. The molecule has 1 N–H and O–H groups in total. The standard InChI is InChI=1S/C22H36BN5O5/c1-15(26-19(30)31-20(2,3)4)17(29)27-9-11-28(12-10-27)18-24-13-16(14-25-18)23-32-21(5,6)22(7,8)33-23/h13-15H,9-12H2,1-8H3,(H,26,30)/t15-/m0/s1. The van der Waals surface area contributed by atoms with E-state index in [4.69, 9.17) is 14.0 Å². The lowest BCUT2D eigenvalue weighted by atomic mass is 9.81. The minimum Gasteiger partial charge on any atom is -0.444 e. The Balaban J connectivity index is 1.52. The lowest BCUT2D eigenvalue weighted by Gasteiger charge is -2.36. The van der Waals surface area contributed by atoms with Crippen LogP contribution in [0.15, 0.2) is 12.4 Å². The molecule has 2 aliphatic heterocycles. The Bertz CT molecular complexity index is 847. The van der Waals surface area contributed by atoms with E-state index in [0.29, 0.717) is 32.1 Å². The third-order valence-corrected chi connectivity index (χ3v) is 6.16. The summed E-state index contributed by atoms with van der Waals surface area (Å²) in [4.78, 5) is 37.4. The van der Waals surface area contributed by atoms with Gasteiger partial charge in [0.1, 0.15) is 11.6 Å². The Morgan fingerprint density at radius 3 is 2.06 bits per heavy atom. The summed E-state index contributed by atoms with van der Waals surface area (Å²) in [6.07, 6.45) is 2.86. The van der Waals surface area contributed by atoms with Crippen LogP contribution >= 0.6 is 0 Å². The second-order valence-electron chi connectivity index (χ2n) is 10.6. The fourth-order valence-electron chi connectivity index (χ4n) is 3.54. The van der Waals surface area contributed by atoms with E-state index in [0.717, 1.165) is 5.46 Å². The van der Waals surface area contributed by atoms with Crippen LogP contribution in [0.4, 0.5) is 10.7 Å². The number of nitrogens with one attached hydrogen (secondary N) is 1. The van der Waals surface area contributed by atoms with E-state index in [1.807, 2.05) is 32.6 Å². The number of rotatable bonds is 4. The molecule has 0 unspecified atom stereocenters. The summed E-state index contributed by atoms with van der Waals surface area (Å²) in [5.74, 6) is 0.458. The third-order valence-electron chi connectivity index (χ3n) is 6.16. The average Bonchev–Trinajstić information content (AvgIpc) is 2.93. The van der Waals surface area contributed by atoms with Crippen LogP contribution in [0, 0.1) is 0 Å². The Morgan fingerprint density at radius 2 is 1.58 bits per heavy atom. The van der Waals surface area contributed by atoms with Crippen LogP contribution in [0.1, 0.15) is 55.4 Å². The maximum atomic E-state index is 12.7. The minimum atomic E-state index is -0.665. The quantitative estimate of drug-likeness (QED) is 0.670. The lowest BCUT2D eigenvalue weighted by molar-refractivity contribution is -0.133. The van der Waals surface area contributed by atoms with Gasteiger partial charge in [0.25, 0.3) is 0 Å². The van der Waals surface area contributed by atoms with Crippen molar-refractivity contribution in [3.05, 3.63) is 12.4 Å².